The molecule has 1 aromatic rings. The van der Waals surface area contributed by atoms with Crippen LogP contribution in [0.4, 0.5) is 0 Å². The second kappa shape index (κ2) is 4.70. The highest BCUT2D eigenvalue weighted by Crippen LogP contribution is 1.94. The minimum Gasteiger partial charge on any atom is -0.392 e. The second-order valence-electron chi connectivity index (χ2n) is 3.04. The third-order valence-electron chi connectivity index (χ3n) is 1.81. The fourth-order valence-corrected chi connectivity index (χ4v) is 0.996. The van der Waals surface area contributed by atoms with E-state index in [1.54, 1.807) is 6.92 Å². The first kappa shape index (κ1) is 11.4. The number of hydrogen-bond acceptors (Lipinski definition) is 3. The van der Waals surface area contributed by atoms with Gasteiger partial charge in [0.2, 0.25) is 5.56 Å². The Morgan fingerprint density at radius 2 is 2.33 bits per heavy atom. The van der Waals surface area contributed by atoms with Gasteiger partial charge in [-0.05, 0) is 13.0 Å². The molecule has 0 aromatic carbocycles. The lowest BCUT2D eigenvalue weighted by Crippen LogP contribution is -2.41. The smallest absolute Gasteiger partial charge is 0.252 e. The van der Waals surface area contributed by atoms with Gasteiger partial charge < -0.3 is 16.0 Å². The SMILES string of the molecule is CC(NC(=O)c1cc[nH]c(=O)c1)C(N)=S. The Bertz CT molecular complexity index is 441. The number of pyridine rings is 1. The van der Waals surface area contributed by atoms with Gasteiger partial charge in [0.15, 0.2) is 0 Å². The Kier molecular flexibility index (Phi) is 3.56. The monoisotopic (exact) mass is 225 g/mol. The van der Waals surface area contributed by atoms with Gasteiger partial charge in [-0.25, -0.2) is 0 Å². The molecule has 1 rings (SSSR count). The Morgan fingerprint density at radius 1 is 1.67 bits per heavy atom. The predicted octanol–water partition coefficient (Wildman–Crippen LogP) is -0.221. The summed E-state index contributed by atoms with van der Waals surface area (Å²) in [5.74, 6) is -0.374. The summed E-state index contributed by atoms with van der Waals surface area (Å²) < 4.78 is 0. The molecule has 0 saturated heterocycles. The molecular weight excluding hydrogens is 214 g/mol. The first-order valence-electron chi connectivity index (χ1n) is 4.29. The molecule has 0 aliphatic carbocycles. The van der Waals surface area contributed by atoms with E-state index in [0.717, 1.165) is 0 Å². The fourth-order valence-electron chi connectivity index (χ4n) is 0.937. The van der Waals surface area contributed by atoms with Gasteiger partial charge >= 0.3 is 0 Å². The van der Waals surface area contributed by atoms with Crippen LogP contribution in [-0.4, -0.2) is 21.9 Å². The summed E-state index contributed by atoms with van der Waals surface area (Å²) >= 11 is 4.71. The number of H-pyrrole nitrogens is 1. The quantitative estimate of drug-likeness (QED) is 0.620. The second-order valence-corrected chi connectivity index (χ2v) is 3.51. The summed E-state index contributed by atoms with van der Waals surface area (Å²) in [5.41, 5.74) is 5.29. The van der Waals surface area contributed by atoms with Crippen LogP contribution in [0.5, 0.6) is 0 Å². The van der Waals surface area contributed by atoms with Crippen LogP contribution in [0.3, 0.4) is 0 Å². The third kappa shape index (κ3) is 3.17. The predicted molar refractivity (Wildman–Crippen MR) is 60.8 cm³/mol. The number of nitrogens with one attached hydrogen (secondary N) is 2. The summed E-state index contributed by atoms with van der Waals surface area (Å²) in [4.78, 5) is 25.1. The van der Waals surface area contributed by atoms with Crippen molar-refractivity contribution >= 4 is 23.1 Å². The van der Waals surface area contributed by atoms with Crippen molar-refractivity contribution in [2.45, 2.75) is 13.0 Å². The summed E-state index contributed by atoms with van der Waals surface area (Å²) in [6.45, 7) is 1.67. The number of rotatable bonds is 3. The molecule has 15 heavy (non-hydrogen) atoms. The van der Waals surface area contributed by atoms with E-state index in [1.165, 1.54) is 18.3 Å². The molecule has 80 valence electrons. The van der Waals surface area contributed by atoms with Gasteiger partial charge in [0.05, 0.1) is 11.0 Å². The molecule has 0 radical (unpaired) electrons. The molecule has 0 aliphatic heterocycles. The van der Waals surface area contributed by atoms with Gasteiger partial charge in [-0.15, -0.1) is 0 Å². The lowest BCUT2D eigenvalue weighted by Gasteiger charge is -2.11. The van der Waals surface area contributed by atoms with Crippen molar-refractivity contribution in [2.24, 2.45) is 5.73 Å². The van der Waals surface area contributed by atoms with Crippen molar-refractivity contribution in [1.29, 1.82) is 0 Å². The molecule has 1 heterocycles. The summed E-state index contributed by atoms with van der Waals surface area (Å²) in [6, 6.07) is 2.32. The van der Waals surface area contributed by atoms with E-state index in [4.69, 9.17) is 18.0 Å². The largest absolute Gasteiger partial charge is 0.392 e. The number of aromatic amines is 1. The van der Waals surface area contributed by atoms with Crippen LogP contribution in [0.2, 0.25) is 0 Å². The fraction of sp³-hybridized carbons (Fsp3) is 0.222. The van der Waals surface area contributed by atoms with Crippen molar-refractivity contribution in [2.75, 3.05) is 0 Å². The lowest BCUT2D eigenvalue weighted by atomic mass is 10.2. The van der Waals surface area contributed by atoms with Crippen LogP contribution in [0.1, 0.15) is 17.3 Å². The number of amides is 1. The number of carbonyl (C=O) groups excluding carboxylic acids is 1. The first-order chi connectivity index (χ1) is 7.00. The molecule has 0 fully saturated rings. The van der Waals surface area contributed by atoms with Gasteiger partial charge in [-0.2, -0.15) is 0 Å². The minimum absolute atomic E-state index is 0.202. The van der Waals surface area contributed by atoms with Gasteiger partial charge in [0.25, 0.3) is 5.91 Å². The Labute approximate surface area is 91.7 Å². The van der Waals surface area contributed by atoms with E-state index < -0.39 is 6.04 Å². The van der Waals surface area contributed by atoms with Crippen LogP contribution in [-0.2, 0) is 0 Å². The summed E-state index contributed by atoms with van der Waals surface area (Å²) in [6.07, 6.45) is 1.41. The maximum atomic E-state index is 11.5. The summed E-state index contributed by atoms with van der Waals surface area (Å²) in [5, 5.41) is 2.56. The van der Waals surface area contributed by atoms with Gasteiger partial charge in [-0.1, -0.05) is 12.2 Å². The van der Waals surface area contributed by atoms with Gasteiger partial charge in [0.1, 0.15) is 0 Å². The van der Waals surface area contributed by atoms with Gasteiger partial charge in [0, 0.05) is 17.8 Å². The van der Waals surface area contributed by atoms with E-state index in [1.807, 2.05) is 0 Å². The van der Waals surface area contributed by atoms with E-state index in [-0.39, 0.29) is 22.0 Å². The van der Waals surface area contributed by atoms with E-state index in [2.05, 4.69) is 10.3 Å². The number of nitrogens with two attached hydrogens (primary N) is 1. The zero-order valence-corrected chi connectivity index (χ0v) is 8.93. The molecule has 0 aliphatic rings. The molecule has 4 N–H and O–H groups in total. The Hall–Kier alpha value is -1.69. The maximum absolute atomic E-state index is 11.5. The molecule has 0 bridgehead atoms. The molecule has 1 atom stereocenters. The standard InChI is InChI=1S/C9H11N3O2S/c1-5(8(10)15)12-9(14)6-2-3-11-7(13)4-6/h2-5H,1H3,(H2,10,15)(H,11,13)(H,12,14). The minimum atomic E-state index is -0.396. The highest BCUT2D eigenvalue weighted by Gasteiger charge is 2.11. The molecule has 5 nitrogen and oxygen atoms in total. The van der Waals surface area contributed by atoms with Crippen molar-refractivity contribution in [3.63, 3.8) is 0 Å². The van der Waals surface area contributed by atoms with Crippen molar-refractivity contribution in [3.05, 3.63) is 34.2 Å². The zero-order valence-electron chi connectivity index (χ0n) is 8.11. The highest BCUT2D eigenvalue weighted by molar-refractivity contribution is 7.80. The molecule has 1 amide bonds. The zero-order chi connectivity index (χ0) is 11.4. The number of hydrogen-bond donors (Lipinski definition) is 3. The van der Waals surface area contributed by atoms with Crippen molar-refractivity contribution in [1.82, 2.24) is 10.3 Å². The highest BCUT2D eigenvalue weighted by atomic mass is 32.1. The number of carbonyl (C=O) groups is 1. The maximum Gasteiger partial charge on any atom is 0.252 e. The molecule has 1 aromatic heterocycles. The first-order valence-corrected chi connectivity index (χ1v) is 4.70. The average molecular weight is 225 g/mol. The Morgan fingerprint density at radius 3 is 2.87 bits per heavy atom. The topological polar surface area (TPSA) is 88.0 Å². The molecule has 6 heteroatoms. The van der Waals surface area contributed by atoms with Crippen molar-refractivity contribution in [3.8, 4) is 0 Å². The molecule has 0 spiro atoms. The van der Waals surface area contributed by atoms with Crippen LogP contribution < -0.4 is 16.6 Å². The molecule has 1 unspecified atom stereocenters. The van der Waals surface area contributed by atoms with Crippen LogP contribution in [0, 0.1) is 0 Å². The third-order valence-corrected chi connectivity index (χ3v) is 2.17. The number of thiocarbonyl (C=S) groups is 1. The van der Waals surface area contributed by atoms with Crippen LogP contribution in [0.25, 0.3) is 0 Å². The van der Waals surface area contributed by atoms with Crippen LogP contribution >= 0.6 is 12.2 Å². The normalized spacial score (nSPS) is 11.8. The lowest BCUT2D eigenvalue weighted by molar-refractivity contribution is 0.0949. The van der Waals surface area contributed by atoms with E-state index in [0.29, 0.717) is 0 Å². The van der Waals surface area contributed by atoms with Gasteiger partial charge in [-0.3, -0.25) is 9.59 Å². The summed E-state index contributed by atoms with van der Waals surface area (Å²) in [7, 11) is 0. The van der Waals surface area contributed by atoms with Crippen molar-refractivity contribution < 1.29 is 4.79 Å². The van der Waals surface area contributed by atoms with Crippen LogP contribution in [0.15, 0.2) is 23.1 Å². The average Bonchev–Trinajstić information content (AvgIpc) is 2.17. The molecular formula is C9H11N3O2S. The number of aromatic nitrogens is 1. The molecule has 0 saturated carbocycles. The van der Waals surface area contributed by atoms with E-state index >= 15 is 0 Å². The Balaban J connectivity index is 2.78. The van der Waals surface area contributed by atoms with E-state index in [9.17, 15) is 9.59 Å².